The summed E-state index contributed by atoms with van der Waals surface area (Å²) < 4.78 is 11.1. The average Bonchev–Trinajstić information content (AvgIpc) is 2.90. The summed E-state index contributed by atoms with van der Waals surface area (Å²) in [7, 11) is 1.56. The van der Waals surface area contributed by atoms with Crippen molar-refractivity contribution in [1.82, 2.24) is 4.90 Å². The fourth-order valence-electron chi connectivity index (χ4n) is 2.73. The molecule has 28 heavy (non-hydrogen) atoms. The number of amides is 2. The van der Waals surface area contributed by atoms with Crippen molar-refractivity contribution >= 4 is 40.6 Å². The highest BCUT2D eigenvalue weighted by Crippen LogP contribution is 2.35. The third-order valence-electron chi connectivity index (χ3n) is 3.95. The second-order valence-electron chi connectivity index (χ2n) is 6.47. The number of nitrogens with zero attached hydrogens (tertiary/aromatic N) is 1. The van der Waals surface area contributed by atoms with E-state index in [1.807, 2.05) is 26.0 Å². The molecule has 2 amide bonds. The molecule has 1 heterocycles. The van der Waals surface area contributed by atoms with Gasteiger partial charge in [-0.15, -0.1) is 0 Å². The van der Waals surface area contributed by atoms with E-state index in [1.54, 1.807) is 43.5 Å². The largest absolute Gasteiger partial charge is 0.493 e. The van der Waals surface area contributed by atoms with Crippen molar-refractivity contribution in [2.75, 3.05) is 7.11 Å². The number of rotatable bonds is 6. The number of benzene rings is 2. The van der Waals surface area contributed by atoms with Crippen molar-refractivity contribution < 1.29 is 19.1 Å². The Morgan fingerprint density at radius 1 is 1.14 bits per heavy atom. The maximum Gasteiger partial charge on any atom is 0.293 e. The quantitative estimate of drug-likeness (QED) is 0.591. The van der Waals surface area contributed by atoms with Crippen LogP contribution in [0.25, 0.3) is 6.08 Å². The molecular weight excluding hydrogens is 398 g/mol. The Morgan fingerprint density at radius 2 is 1.93 bits per heavy atom. The molecule has 0 atom stereocenters. The zero-order valence-electron chi connectivity index (χ0n) is 15.8. The third-order valence-corrected chi connectivity index (χ3v) is 5.09. The SMILES string of the molecule is COc1cc(/C=C2\SC(=O)N(Cc3cccc(Cl)c3)C2=O)ccc1OC(C)C. The summed E-state index contributed by atoms with van der Waals surface area (Å²) in [5, 5.41) is 0.263. The van der Waals surface area contributed by atoms with Crippen LogP contribution in [0.3, 0.4) is 0 Å². The lowest BCUT2D eigenvalue weighted by molar-refractivity contribution is -0.123. The molecule has 1 saturated heterocycles. The molecule has 2 aromatic rings. The molecule has 0 saturated carbocycles. The fraction of sp³-hybridized carbons (Fsp3) is 0.238. The average molecular weight is 418 g/mol. The van der Waals surface area contributed by atoms with Crippen LogP contribution in [0.2, 0.25) is 5.02 Å². The Labute approximate surface area is 173 Å². The summed E-state index contributed by atoms with van der Waals surface area (Å²) in [6, 6.07) is 12.5. The van der Waals surface area contributed by atoms with Crippen molar-refractivity contribution in [3.63, 3.8) is 0 Å². The number of halogens is 1. The number of carbonyl (C=O) groups excluding carboxylic acids is 2. The summed E-state index contributed by atoms with van der Waals surface area (Å²) in [6.45, 7) is 4.06. The van der Waals surface area contributed by atoms with E-state index in [4.69, 9.17) is 21.1 Å². The number of carbonyl (C=O) groups is 2. The van der Waals surface area contributed by atoms with Gasteiger partial charge >= 0.3 is 0 Å². The predicted molar refractivity (Wildman–Crippen MR) is 112 cm³/mol. The zero-order chi connectivity index (χ0) is 20.3. The molecule has 0 bridgehead atoms. The number of ether oxygens (including phenoxy) is 2. The van der Waals surface area contributed by atoms with Crippen LogP contribution >= 0.6 is 23.4 Å². The van der Waals surface area contributed by atoms with E-state index >= 15 is 0 Å². The van der Waals surface area contributed by atoms with Crippen LogP contribution in [-0.2, 0) is 11.3 Å². The predicted octanol–water partition coefficient (Wildman–Crippen LogP) is 5.37. The monoisotopic (exact) mass is 417 g/mol. The number of imide groups is 1. The summed E-state index contributed by atoms with van der Waals surface area (Å²) in [5.74, 6) is 0.876. The molecule has 7 heteroatoms. The lowest BCUT2D eigenvalue weighted by Gasteiger charge is -2.14. The number of methoxy groups -OCH3 is 1. The zero-order valence-corrected chi connectivity index (χ0v) is 17.3. The van der Waals surface area contributed by atoms with E-state index in [-0.39, 0.29) is 23.8 Å². The molecule has 3 rings (SSSR count). The van der Waals surface area contributed by atoms with Crippen LogP contribution in [0.1, 0.15) is 25.0 Å². The van der Waals surface area contributed by atoms with E-state index in [2.05, 4.69) is 0 Å². The second-order valence-corrected chi connectivity index (χ2v) is 7.90. The number of thioether (sulfide) groups is 1. The van der Waals surface area contributed by atoms with E-state index in [1.165, 1.54) is 4.90 Å². The van der Waals surface area contributed by atoms with Crippen LogP contribution in [0, 0.1) is 0 Å². The minimum Gasteiger partial charge on any atom is -0.493 e. The van der Waals surface area contributed by atoms with Gasteiger partial charge in [0.05, 0.1) is 24.7 Å². The molecular formula is C21H20ClNO4S. The highest BCUT2D eigenvalue weighted by molar-refractivity contribution is 8.18. The Balaban J connectivity index is 1.81. The van der Waals surface area contributed by atoms with E-state index in [0.29, 0.717) is 21.4 Å². The van der Waals surface area contributed by atoms with E-state index in [9.17, 15) is 9.59 Å². The normalized spacial score (nSPS) is 15.6. The molecule has 0 N–H and O–H groups in total. The van der Waals surface area contributed by atoms with E-state index in [0.717, 1.165) is 22.9 Å². The van der Waals surface area contributed by atoms with Gasteiger partial charge in [0.15, 0.2) is 11.5 Å². The van der Waals surface area contributed by atoms with Gasteiger partial charge in [-0.3, -0.25) is 14.5 Å². The molecule has 1 aliphatic heterocycles. The minimum absolute atomic E-state index is 0.0164. The lowest BCUT2D eigenvalue weighted by Crippen LogP contribution is -2.27. The van der Waals surface area contributed by atoms with Crippen molar-refractivity contribution in [3.8, 4) is 11.5 Å². The van der Waals surface area contributed by atoms with Gasteiger partial charge in [-0.25, -0.2) is 0 Å². The van der Waals surface area contributed by atoms with Crippen LogP contribution in [0.15, 0.2) is 47.4 Å². The van der Waals surface area contributed by atoms with Gasteiger partial charge in [0, 0.05) is 5.02 Å². The number of hydrogen-bond acceptors (Lipinski definition) is 5. The first-order valence-electron chi connectivity index (χ1n) is 8.72. The smallest absolute Gasteiger partial charge is 0.293 e. The number of hydrogen-bond donors (Lipinski definition) is 0. The molecule has 0 aliphatic carbocycles. The van der Waals surface area contributed by atoms with Crippen molar-refractivity contribution in [3.05, 3.63) is 63.5 Å². The van der Waals surface area contributed by atoms with Gasteiger partial charge in [-0.05, 0) is 67.1 Å². The second kappa shape index (κ2) is 8.71. The molecule has 1 fully saturated rings. The lowest BCUT2D eigenvalue weighted by atomic mass is 10.1. The van der Waals surface area contributed by atoms with Gasteiger partial charge in [-0.2, -0.15) is 0 Å². The molecule has 1 aliphatic rings. The maximum absolute atomic E-state index is 12.7. The van der Waals surface area contributed by atoms with E-state index < -0.39 is 0 Å². The molecule has 0 unspecified atom stereocenters. The maximum atomic E-state index is 12.7. The fourth-order valence-corrected chi connectivity index (χ4v) is 3.78. The molecule has 5 nitrogen and oxygen atoms in total. The van der Waals surface area contributed by atoms with Gasteiger partial charge in [0.1, 0.15) is 0 Å². The molecule has 2 aromatic carbocycles. The summed E-state index contributed by atoms with van der Waals surface area (Å²) in [4.78, 5) is 26.6. The first kappa shape index (κ1) is 20.3. The Hall–Kier alpha value is -2.44. The highest BCUT2D eigenvalue weighted by Gasteiger charge is 2.35. The molecule has 0 aromatic heterocycles. The summed E-state index contributed by atoms with van der Waals surface area (Å²) in [6.07, 6.45) is 1.70. The van der Waals surface area contributed by atoms with Crippen LogP contribution in [-0.4, -0.2) is 29.3 Å². The van der Waals surface area contributed by atoms with Gasteiger partial charge in [0.25, 0.3) is 11.1 Å². The highest BCUT2D eigenvalue weighted by atomic mass is 35.5. The standard InChI is InChI=1S/C21H20ClNO4S/c1-13(2)27-17-8-7-14(10-18(17)26-3)11-19-20(24)23(21(25)28-19)12-15-5-4-6-16(22)9-15/h4-11,13H,12H2,1-3H3/b19-11-. The van der Waals surface area contributed by atoms with Crippen molar-refractivity contribution in [1.29, 1.82) is 0 Å². The summed E-state index contributed by atoms with van der Waals surface area (Å²) >= 11 is 6.91. The van der Waals surface area contributed by atoms with Crippen molar-refractivity contribution in [2.45, 2.75) is 26.5 Å². The topological polar surface area (TPSA) is 55.8 Å². The Bertz CT molecular complexity index is 942. The van der Waals surface area contributed by atoms with Crippen LogP contribution in [0.4, 0.5) is 4.79 Å². The Kier molecular flexibility index (Phi) is 6.31. The van der Waals surface area contributed by atoms with Gasteiger partial charge in [-0.1, -0.05) is 29.8 Å². The molecule has 146 valence electrons. The first-order chi connectivity index (χ1) is 13.4. The minimum atomic E-state index is -0.323. The van der Waals surface area contributed by atoms with Gasteiger partial charge < -0.3 is 9.47 Å². The van der Waals surface area contributed by atoms with Crippen LogP contribution < -0.4 is 9.47 Å². The third kappa shape index (κ3) is 4.69. The molecule has 0 radical (unpaired) electrons. The van der Waals surface area contributed by atoms with Gasteiger partial charge in [0.2, 0.25) is 0 Å². The molecule has 0 spiro atoms. The van der Waals surface area contributed by atoms with Crippen LogP contribution in [0.5, 0.6) is 11.5 Å². The first-order valence-corrected chi connectivity index (χ1v) is 9.91. The Morgan fingerprint density at radius 3 is 2.61 bits per heavy atom. The van der Waals surface area contributed by atoms with Crippen molar-refractivity contribution in [2.24, 2.45) is 0 Å². The summed E-state index contributed by atoms with van der Waals surface area (Å²) in [5.41, 5.74) is 1.55.